The number of methoxy groups -OCH3 is 1. The highest BCUT2D eigenvalue weighted by atomic mass is 35.5. The normalized spacial score (nSPS) is 11.3. The summed E-state index contributed by atoms with van der Waals surface area (Å²) in [5.41, 5.74) is 5.95. The van der Waals surface area contributed by atoms with E-state index in [1.165, 1.54) is 19.2 Å². The molecule has 3 N–H and O–H groups in total. The van der Waals surface area contributed by atoms with Crippen molar-refractivity contribution in [3.05, 3.63) is 24.0 Å². The Hall–Kier alpha value is -1.33. The number of nitrogens with one attached hydrogen (secondary N) is 1. The van der Waals surface area contributed by atoms with E-state index in [1.807, 2.05) is 6.92 Å². The first-order valence-corrected chi connectivity index (χ1v) is 5.42. The lowest BCUT2D eigenvalue weighted by molar-refractivity contribution is -0.116. The van der Waals surface area contributed by atoms with Gasteiger partial charge in [0, 0.05) is 24.2 Å². The van der Waals surface area contributed by atoms with E-state index in [0.717, 1.165) is 0 Å². The predicted molar refractivity (Wildman–Crippen MR) is 71.7 cm³/mol. The zero-order valence-corrected chi connectivity index (χ0v) is 11.2. The zero-order valence-electron chi connectivity index (χ0n) is 10.4. The number of carbonyl (C=O) groups is 1. The minimum Gasteiger partial charge on any atom is -0.494 e. The highest BCUT2D eigenvalue weighted by molar-refractivity contribution is 5.90. The van der Waals surface area contributed by atoms with Crippen molar-refractivity contribution in [2.45, 2.75) is 25.8 Å². The number of halogens is 2. The van der Waals surface area contributed by atoms with Crippen LogP contribution in [0.2, 0.25) is 0 Å². The molecule has 0 aliphatic rings. The summed E-state index contributed by atoms with van der Waals surface area (Å²) in [6, 6.07) is 4.26. The number of carbonyl (C=O) groups excluding carboxylic acids is 1. The molecule has 0 heterocycles. The monoisotopic (exact) mass is 276 g/mol. The fourth-order valence-corrected chi connectivity index (χ4v) is 1.33. The van der Waals surface area contributed by atoms with Gasteiger partial charge in [-0.1, -0.05) is 0 Å². The third-order valence-electron chi connectivity index (χ3n) is 2.26. The number of benzene rings is 1. The lowest BCUT2D eigenvalue weighted by Gasteiger charge is -2.08. The molecule has 1 atom stereocenters. The van der Waals surface area contributed by atoms with E-state index in [2.05, 4.69) is 5.32 Å². The summed E-state index contributed by atoms with van der Waals surface area (Å²) in [6.07, 6.45) is 0.926. The van der Waals surface area contributed by atoms with Crippen LogP contribution in [0, 0.1) is 5.82 Å². The summed E-state index contributed by atoms with van der Waals surface area (Å²) in [4.78, 5) is 11.5. The average Bonchev–Trinajstić information content (AvgIpc) is 2.26. The smallest absolute Gasteiger partial charge is 0.224 e. The van der Waals surface area contributed by atoms with E-state index < -0.39 is 5.82 Å². The van der Waals surface area contributed by atoms with Crippen molar-refractivity contribution in [1.29, 1.82) is 0 Å². The predicted octanol–water partition coefficient (Wildman–Crippen LogP) is 2.32. The van der Waals surface area contributed by atoms with Crippen LogP contribution < -0.4 is 15.8 Å². The summed E-state index contributed by atoms with van der Waals surface area (Å²) in [5, 5.41) is 2.60. The molecular weight excluding hydrogens is 259 g/mol. The fourth-order valence-electron chi connectivity index (χ4n) is 1.33. The lowest BCUT2D eigenvalue weighted by atomic mass is 10.2. The Morgan fingerprint density at radius 1 is 1.56 bits per heavy atom. The Labute approximate surface area is 112 Å². The minimum absolute atomic E-state index is 0. The third kappa shape index (κ3) is 5.33. The molecule has 0 fully saturated rings. The largest absolute Gasteiger partial charge is 0.494 e. The SMILES string of the molecule is COc1ccc(NC(=O)CCC(C)N)cc1F.Cl. The summed E-state index contributed by atoms with van der Waals surface area (Å²) >= 11 is 0. The molecule has 0 spiro atoms. The van der Waals surface area contributed by atoms with Crippen LogP contribution in [-0.2, 0) is 4.79 Å². The molecule has 0 aromatic heterocycles. The number of ether oxygens (including phenoxy) is 1. The van der Waals surface area contributed by atoms with Gasteiger partial charge in [-0.2, -0.15) is 0 Å². The molecule has 0 saturated heterocycles. The van der Waals surface area contributed by atoms with Crippen LogP contribution in [0.4, 0.5) is 10.1 Å². The maximum absolute atomic E-state index is 13.3. The standard InChI is InChI=1S/C12H17FN2O2.ClH/c1-8(14)3-6-12(16)15-9-4-5-11(17-2)10(13)7-9;/h4-5,7-8H,3,6,14H2,1-2H3,(H,15,16);1H. The van der Waals surface area contributed by atoms with E-state index in [9.17, 15) is 9.18 Å². The Bertz CT molecular complexity index is 400. The van der Waals surface area contributed by atoms with Gasteiger partial charge in [0.1, 0.15) is 0 Å². The van der Waals surface area contributed by atoms with Crippen LogP contribution in [0.1, 0.15) is 19.8 Å². The average molecular weight is 277 g/mol. The molecule has 1 unspecified atom stereocenters. The number of hydrogen-bond acceptors (Lipinski definition) is 3. The second kappa shape index (κ2) is 7.89. The quantitative estimate of drug-likeness (QED) is 0.867. The van der Waals surface area contributed by atoms with Gasteiger partial charge in [-0.25, -0.2) is 4.39 Å². The summed E-state index contributed by atoms with van der Waals surface area (Å²) in [6.45, 7) is 1.83. The molecule has 6 heteroatoms. The Morgan fingerprint density at radius 3 is 2.72 bits per heavy atom. The van der Waals surface area contributed by atoms with Crippen LogP contribution in [-0.4, -0.2) is 19.1 Å². The zero-order chi connectivity index (χ0) is 12.8. The molecule has 102 valence electrons. The number of rotatable bonds is 5. The number of hydrogen-bond donors (Lipinski definition) is 2. The number of amides is 1. The van der Waals surface area contributed by atoms with Crippen LogP contribution in [0.25, 0.3) is 0 Å². The first kappa shape index (κ1) is 16.7. The first-order chi connectivity index (χ1) is 8.02. The molecule has 4 nitrogen and oxygen atoms in total. The molecule has 1 aromatic rings. The Morgan fingerprint density at radius 2 is 2.22 bits per heavy atom. The summed E-state index contributed by atoms with van der Waals surface area (Å²) in [7, 11) is 1.39. The van der Waals surface area contributed by atoms with Crippen molar-refractivity contribution in [2.75, 3.05) is 12.4 Å². The van der Waals surface area contributed by atoms with Gasteiger partial charge < -0.3 is 15.8 Å². The number of nitrogens with two attached hydrogens (primary N) is 1. The molecule has 0 saturated carbocycles. The van der Waals surface area contributed by atoms with E-state index in [-0.39, 0.29) is 30.1 Å². The van der Waals surface area contributed by atoms with Gasteiger partial charge in [-0.05, 0) is 25.5 Å². The summed E-state index contributed by atoms with van der Waals surface area (Å²) in [5.74, 6) is -0.525. The minimum atomic E-state index is -0.502. The van der Waals surface area contributed by atoms with Crippen molar-refractivity contribution >= 4 is 24.0 Å². The van der Waals surface area contributed by atoms with Gasteiger partial charge in [0.15, 0.2) is 11.6 Å². The van der Waals surface area contributed by atoms with Gasteiger partial charge in [0.25, 0.3) is 0 Å². The lowest BCUT2D eigenvalue weighted by Crippen LogP contribution is -2.19. The van der Waals surface area contributed by atoms with Gasteiger partial charge in [0.05, 0.1) is 7.11 Å². The third-order valence-corrected chi connectivity index (χ3v) is 2.26. The van der Waals surface area contributed by atoms with Crippen molar-refractivity contribution in [3.8, 4) is 5.75 Å². The molecule has 0 aliphatic heterocycles. The molecular formula is C12H18ClFN2O2. The highest BCUT2D eigenvalue weighted by Gasteiger charge is 2.07. The van der Waals surface area contributed by atoms with Gasteiger partial charge in [-0.3, -0.25) is 4.79 Å². The van der Waals surface area contributed by atoms with Gasteiger partial charge in [0.2, 0.25) is 5.91 Å². The Kier molecular flexibility index (Phi) is 7.31. The van der Waals surface area contributed by atoms with E-state index >= 15 is 0 Å². The van der Waals surface area contributed by atoms with E-state index in [4.69, 9.17) is 10.5 Å². The fraction of sp³-hybridized carbons (Fsp3) is 0.417. The molecule has 0 radical (unpaired) electrons. The topological polar surface area (TPSA) is 64.3 Å². The van der Waals surface area contributed by atoms with Crippen LogP contribution in [0.15, 0.2) is 18.2 Å². The maximum atomic E-state index is 13.3. The van der Waals surface area contributed by atoms with Gasteiger partial charge >= 0.3 is 0 Å². The van der Waals surface area contributed by atoms with E-state index in [0.29, 0.717) is 18.5 Å². The molecule has 1 amide bonds. The molecule has 1 rings (SSSR count). The first-order valence-electron chi connectivity index (χ1n) is 5.42. The molecule has 1 aromatic carbocycles. The van der Waals surface area contributed by atoms with Crippen LogP contribution in [0.3, 0.4) is 0 Å². The van der Waals surface area contributed by atoms with Crippen LogP contribution >= 0.6 is 12.4 Å². The second-order valence-electron chi connectivity index (χ2n) is 3.91. The Balaban J connectivity index is 0.00000289. The van der Waals surface area contributed by atoms with Gasteiger partial charge in [-0.15, -0.1) is 12.4 Å². The maximum Gasteiger partial charge on any atom is 0.224 e. The molecule has 18 heavy (non-hydrogen) atoms. The molecule has 0 aliphatic carbocycles. The van der Waals surface area contributed by atoms with Crippen LogP contribution in [0.5, 0.6) is 5.75 Å². The second-order valence-corrected chi connectivity index (χ2v) is 3.91. The van der Waals surface area contributed by atoms with Crippen molar-refractivity contribution in [3.63, 3.8) is 0 Å². The number of anilines is 1. The van der Waals surface area contributed by atoms with Crippen molar-refractivity contribution in [1.82, 2.24) is 0 Å². The van der Waals surface area contributed by atoms with E-state index in [1.54, 1.807) is 6.07 Å². The van der Waals surface area contributed by atoms with Crippen molar-refractivity contribution in [2.24, 2.45) is 5.73 Å². The van der Waals surface area contributed by atoms with Crippen molar-refractivity contribution < 1.29 is 13.9 Å². The summed E-state index contributed by atoms with van der Waals surface area (Å²) < 4.78 is 18.1. The highest BCUT2D eigenvalue weighted by Crippen LogP contribution is 2.20. The molecule has 0 bridgehead atoms.